The molecule has 1 heterocycles. The van der Waals surface area contributed by atoms with Gasteiger partial charge in [0, 0.05) is 31.7 Å². The Kier molecular flexibility index (Phi) is 4.19. The van der Waals surface area contributed by atoms with Gasteiger partial charge >= 0.3 is 0 Å². The first-order valence-electron chi connectivity index (χ1n) is 6.74. The number of hydrogen-bond acceptors (Lipinski definition) is 2. The Bertz CT molecular complexity index is 344. The van der Waals surface area contributed by atoms with Gasteiger partial charge in [-0.1, -0.05) is 31.2 Å². The molecule has 2 atom stereocenters. The smallest absolute Gasteiger partial charge is 0.0237 e. The van der Waals surface area contributed by atoms with Gasteiger partial charge < -0.3 is 5.32 Å². The van der Waals surface area contributed by atoms with Crippen LogP contribution in [0.3, 0.4) is 0 Å². The maximum atomic E-state index is 3.52. The van der Waals surface area contributed by atoms with E-state index in [0.29, 0.717) is 12.1 Å². The van der Waals surface area contributed by atoms with E-state index in [0.717, 1.165) is 26.1 Å². The van der Waals surface area contributed by atoms with E-state index >= 15 is 0 Å². The molecule has 0 radical (unpaired) electrons. The van der Waals surface area contributed by atoms with Crippen molar-refractivity contribution in [1.29, 1.82) is 0 Å². The van der Waals surface area contributed by atoms with E-state index in [4.69, 9.17) is 0 Å². The highest BCUT2D eigenvalue weighted by molar-refractivity contribution is 5.22. The predicted molar refractivity (Wildman–Crippen MR) is 73.2 cm³/mol. The fraction of sp³-hybridized carbons (Fsp3) is 0.600. The highest BCUT2D eigenvalue weighted by Gasteiger charge is 2.21. The van der Waals surface area contributed by atoms with Gasteiger partial charge in [0.05, 0.1) is 0 Å². The lowest BCUT2D eigenvalue weighted by atomic mass is 10.1. The molecule has 1 aromatic carbocycles. The van der Waals surface area contributed by atoms with Crippen molar-refractivity contribution >= 4 is 0 Å². The molecule has 1 aromatic rings. The quantitative estimate of drug-likeness (QED) is 0.861. The predicted octanol–water partition coefficient (Wildman–Crippen LogP) is 2.43. The lowest BCUT2D eigenvalue weighted by Gasteiger charge is -2.37. The highest BCUT2D eigenvalue weighted by atomic mass is 15.2. The largest absolute Gasteiger partial charge is 0.311 e. The summed E-state index contributed by atoms with van der Waals surface area (Å²) in [7, 11) is 0. The van der Waals surface area contributed by atoms with Crippen molar-refractivity contribution in [2.45, 2.75) is 45.8 Å². The minimum Gasteiger partial charge on any atom is -0.311 e. The molecular weight excluding hydrogens is 208 g/mol. The average Bonchev–Trinajstić information content (AvgIpc) is 2.35. The molecule has 1 aliphatic rings. The molecule has 0 aromatic heterocycles. The van der Waals surface area contributed by atoms with E-state index in [1.54, 1.807) is 0 Å². The molecule has 2 nitrogen and oxygen atoms in total. The summed E-state index contributed by atoms with van der Waals surface area (Å²) in [5.74, 6) is 0. The average molecular weight is 232 g/mol. The Balaban J connectivity index is 1.98. The van der Waals surface area contributed by atoms with Crippen LogP contribution in [0.2, 0.25) is 0 Å². The number of hydrogen-bond donors (Lipinski definition) is 1. The third kappa shape index (κ3) is 3.30. The Hall–Kier alpha value is -0.860. The number of piperazine rings is 1. The second-order valence-corrected chi connectivity index (χ2v) is 5.26. The van der Waals surface area contributed by atoms with Crippen LogP contribution in [0, 0.1) is 0 Å². The van der Waals surface area contributed by atoms with Crippen molar-refractivity contribution in [3.8, 4) is 0 Å². The molecule has 0 saturated carbocycles. The monoisotopic (exact) mass is 232 g/mol. The van der Waals surface area contributed by atoms with Gasteiger partial charge in [-0.15, -0.1) is 0 Å². The summed E-state index contributed by atoms with van der Waals surface area (Å²) in [4.78, 5) is 2.57. The summed E-state index contributed by atoms with van der Waals surface area (Å²) in [5.41, 5.74) is 2.86. The summed E-state index contributed by atoms with van der Waals surface area (Å²) < 4.78 is 0. The number of nitrogens with one attached hydrogen (secondary N) is 1. The standard InChI is InChI=1S/C15H24N2/c1-4-14-5-7-15(8-6-14)11-17-10-12(2)16-9-13(17)3/h5-8,12-13,16H,4,9-11H2,1-3H3. The summed E-state index contributed by atoms with van der Waals surface area (Å²) in [6, 6.07) is 10.3. The molecule has 0 amide bonds. The Labute approximate surface area is 105 Å². The van der Waals surface area contributed by atoms with E-state index in [1.165, 1.54) is 11.1 Å². The first-order valence-corrected chi connectivity index (χ1v) is 6.74. The highest BCUT2D eigenvalue weighted by Crippen LogP contribution is 2.13. The van der Waals surface area contributed by atoms with E-state index in [-0.39, 0.29) is 0 Å². The van der Waals surface area contributed by atoms with E-state index in [9.17, 15) is 0 Å². The molecular formula is C15H24N2. The van der Waals surface area contributed by atoms with Gasteiger partial charge in [0.2, 0.25) is 0 Å². The molecule has 2 rings (SSSR count). The molecule has 0 aliphatic carbocycles. The van der Waals surface area contributed by atoms with Crippen LogP contribution >= 0.6 is 0 Å². The van der Waals surface area contributed by atoms with Gasteiger partial charge in [0.15, 0.2) is 0 Å². The van der Waals surface area contributed by atoms with Crippen LogP contribution in [0.25, 0.3) is 0 Å². The zero-order chi connectivity index (χ0) is 12.3. The second-order valence-electron chi connectivity index (χ2n) is 5.26. The van der Waals surface area contributed by atoms with Gasteiger partial charge in [-0.2, -0.15) is 0 Å². The zero-order valence-electron chi connectivity index (χ0n) is 11.2. The first kappa shape index (κ1) is 12.6. The molecule has 17 heavy (non-hydrogen) atoms. The molecule has 0 bridgehead atoms. The van der Waals surface area contributed by atoms with Crippen LogP contribution in [0.5, 0.6) is 0 Å². The summed E-state index contributed by atoms with van der Waals surface area (Å²) in [6.45, 7) is 10.1. The van der Waals surface area contributed by atoms with Crippen LogP contribution in [-0.2, 0) is 13.0 Å². The van der Waals surface area contributed by atoms with Crippen molar-refractivity contribution in [2.24, 2.45) is 0 Å². The van der Waals surface area contributed by atoms with E-state index in [2.05, 4.69) is 55.3 Å². The summed E-state index contributed by atoms with van der Waals surface area (Å²) in [6.07, 6.45) is 1.13. The van der Waals surface area contributed by atoms with Gasteiger partial charge in [0.25, 0.3) is 0 Å². The lowest BCUT2D eigenvalue weighted by Crippen LogP contribution is -2.53. The van der Waals surface area contributed by atoms with Gasteiger partial charge in [-0.25, -0.2) is 0 Å². The van der Waals surface area contributed by atoms with Gasteiger partial charge in [-0.05, 0) is 31.4 Å². The van der Waals surface area contributed by atoms with Crippen molar-refractivity contribution in [1.82, 2.24) is 10.2 Å². The number of aryl methyl sites for hydroxylation is 1. The minimum absolute atomic E-state index is 0.612. The minimum atomic E-state index is 0.612. The molecule has 0 spiro atoms. The van der Waals surface area contributed by atoms with Gasteiger partial charge in [-0.3, -0.25) is 4.90 Å². The maximum absolute atomic E-state index is 3.52. The second kappa shape index (κ2) is 5.65. The molecule has 2 unspecified atom stereocenters. The van der Waals surface area contributed by atoms with E-state index in [1.807, 2.05) is 0 Å². The third-order valence-corrected chi connectivity index (χ3v) is 3.71. The van der Waals surface area contributed by atoms with Crippen LogP contribution < -0.4 is 5.32 Å². The summed E-state index contributed by atoms with van der Waals surface area (Å²) in [5, 5.41) is 3.52. The fourth-order valence-electron chi connectivity index (χ4n) is 2.43. The van der Waals surface area contributed by atoms with Crippen LogP contribution in [0.1, 0.15) is 31.9 Å². The molecule has 94 valence electrons. The number of rotatable bonds is 3. The lowest BCUT2D eigenvalue weighted by molar-refractivity contribution is 0.139. The number of benzene rings is 1. The third-order valence-electron chi connectivity index (χ3n) is 3.71. The fourth-order valence-corrected chi connectivity index (χ4v) is 2.43. The first-order chi connectivity index (χ1) is 8.19. The Morgan fingerprint density at radius 1 is 1.18 bits per heavy atom. The van der Waals surface area contributed by atoms with Gasteiger partial charge in [0.1, 0.15) is 0 Å². The molecule has 1 aliphatic heterocycles. The maximum Gasteiger partial charge on any atom is 0.0237 e. The van der Waals surface area contributed by atoms with Crippen molar-refractivity contribution in [2.75, 3.05) is 13.1 Å². The Morgan fingerprint density at radius 2 is 1.82 bits per heavy atom. The van der Waals surface area contributed by atoms with E-state index < -0.39 is 0 Å². The zero-order valence-corrected chi connectivity index (χ0v) is 11.2. The molecule has 1 saturated heterocycles. The normalized spacial score (nSPS) is 26.1. The van der Waals surface area contributed by atoms with Crippen molar-refractivity contribution in [3.05, 3.63) is 35.4 Å². The molecule has 2 heteroatoms. The molecule has 1 N–H and O–H groups in total. The van der Waals surface area contributed by atoms with Crippen molar-refractivity contribution in [3.63, 3.8) is 0 Å². The molecule has 1 fully saturated rings. The summed E-state index contributed by atoms with van der Waals surface area (Å²) >= 11 is 0. The topological polar surface area (TPSA) is 15.3 Å². The van der Waals surface area contributed by atoms with Crippen molar-refractivity contribution < 1.29 is 0 Å². The number of nitrogens with zero attached hydrogens (tertiary/aromatic N) is 1. The Morgan fingerprint density at radius 3 is 2.47 bits per heavy atom. The van der Waals surface area contributed by atoms with Crippen LogP contribution in [0.4, 0.5) is 0 Å². The van der Waals surface area contributed by atoms with Crippen LogP contribution in [0.15, 0.2) is 24.3 Å². The SMILES string of the molecule is CCc1ccc(CN2CC(C)NCC2C)cc1. The van der Waals surface area contributed by atoms with Crippen LogP contribution in [-0.4, -0.2) is 30.1 Å².